The Balaban J connectivity index is -0.000000114. The second-order valence-corrected chi connectivity index (χ2v) is 25.2. The van der Waals surface area contributed by atoms with E-state index >= 15 is 0 Å². The van der Waals surface area contributed by atoms with E-state index in [9.17, 15) is 78.5 Å². The van der Waals surface area contributed by atoms with E-state index in [0.29, 0.717) is 6.26 Å². The maximum absolute atomic E-state index is 11.8. The molecule has 0 radical (unpaired) electrons. The van der Waals surface area contributed by atoms with Crippen LogP contribution in [0.2, 0.25) is 0 Å². The monoisotopic (exact) mass is 1060 g/mol. The molecule has 0 aliphatic rings. The lowest BCUT2D eigenvalue weighted by atomic mass is 10.3. The Morgan fingerprint density at radius 3 is 1.19 bits per heavy atom. The number of rotatable bonds is 10. The molecule has 0 bridgehead atoms. The Bertz CT molecular complexity index is 2230. The summed E-state index contributed by atoms with van der Waals surface area (Å²) in [5, 5.41) is 8.56. The summed E-state index contributed by atoms with van der Waals surface area (Å²) in [5.74, 6) is -1.41. The van der Waals surface area contributed by atoms with Gasteiger partial charge in [-0.2, -0.15) is 13.7 Å². The third-order valence-electron chi connectivity index (χ3n) is 3.83. The number of hydrogen-bond acceptors (Lipinski definition) is 21. The van der Waals surface area contributed by atoms with Gasteiger partial charge in [0.15, 0.2) is 16.0 Å². The number of carbonyl (C=O) groups excluding carboxylic acids is 4. The molecule has 0 saturated heterocycles. The van der Waals surface area contributed by atoms with E-state index in [4.69, 9.17) is 14.7 Å². The highest BCUT2D eigenvalue weighted by Gasteiger charge is 2.26. The number of hydrogen-bond donors (Lipinski definition) is 7. The second kappa shape index (κ2) is 35.0. The first-order chi connectivity index (χ1) is 27.1. The molecule has 3 amide bonds. The molecule has 3 unspecified atom stereocenters. The van der Waals surface area contributed by atoms with Crippen molar-refractivity contribution in [3.63, 3.8) is 0 Å². The molecule has 7 N–H and O–H groups in total. The Hall–Kier alpha value is -3.37. The van der Waals surface area contributed by atoms with E-state index < -0.39 is 89.8 Å². The molecule has 3 atom stereocenters. The molecular formula is C26H55N6O22PS7. The number of hydroxylamine groups is 1. The first kappa shape index (κ1) is 73.0. The number of ketones is 1. The van der Waals surface area contributed by atoms with Crippen molar-refractivity contribution < 1.29 is 97.3 Å². The van der Waals surface area contributed by atoms with Gasteiger partial charge in [-0.25, -0.2) is 51.8 Å². The smallest absolute Gasteiger partial charge is 0.324 e. The molecule has 1 aromatic rings. The van der Waals surface area contributed by atoms with Crippen molar-refractivity contribution in [3.8, 4) is 6.19 Å². The van der Waals surface area contributed by atoms with Crippen molar-refractivity contribution in [3.05, 3.63) is 30.3 Å². The Morgan fingerprint density at radius 2 is 1.10 bits per heavy atom. The number of nitrogens with one attached hydrogen (secondary N) is 5. The number of carbonyl (C=O) groups is 4. The number of benzene rings is 1. The number of sulfonamides is 4. The van der Waals surface area contributed by atoms with Crippen molar-refractivity contribution in [2.75, 3.05) is 58.4 Å². The largest absolute Gasteiger partial charge is 0.324 e. The highest BCUT2D eigenvalue weighted by atomic mass is 32.3. The van der Waals surface area contributed by atoms with Crippen molar-refractivity contribution in [1.29, 1.82) is 5.26 Å². The van der Waals surface area contributed by atoms with Crippen molar-refractivity contribution in [2.24, 2.45) is 0 Å². The molecule has 0 heterocycles. The van der Waals surface area contributed by atoms with Crippen LogP contribution in [0.3, 0.4) is 0 Å². The van der Waals surface area contributed by atoms with Crippen molar-refractivity contribution >= 4 is 102 Å². The van der Waals surface area contributed by atoms with Crippen molar-refractivity contribution in [2.45, 2.75) is 44.8 Å². The number of amides is 3. The predicted molar refractivity (Wildman–Crippen MR) is 228 cm³/mol. The van der Waals surface area contributed by atoms with Crippen LogP contribution in [0.1, 0.15) is 34.6 Å². The quantitative estimate of drug-likeness (QED) is 0.0406. The van der Waals surface area contributed by atoms with Gasteiger partial charge in [-0.3, -0.25) is 43.2 Å². The van der Waals surface area contributed by atoms with Crippen LogP contribution in [0.25, 0.3) is 0 Å². The van der Waals surface area contributed by atoms with Gasteiger partial charge in [0.2, 0.25) is 57.8 Å². The lowest BCUT2D eigenvalue weighted by Gasteiger charge is -2.08. The van der Waals surface area contributed by atoms with Gasteiger partial charge in [0.05, 0.1) is 43.3 Å². The normalized spacial score (nSPS) is 12.6. The van der Waals surface area contributed by atoms with E-state index in [1.54, 1.807) is 22.9 Å². The lowest BCUT2D eigenvalue weighted by molar-refractivity contribution is -0.129. The lowest BCUT2D eigenvalue weighted by Crippen LogP contribution is -2.27. The van der Waals surface area contributed by atoms with Gasteiger partial charge in [-0.05, 0) is 26.0 Å². The van der Waals surface area contributed by atoms with E-state index in [0.717, 1.165) is 38.6 Å². The molecule has 0 saturated carbocycles. The minimum Gasteiger partial charge on any atom is -0.324 e. The average Bonchev–Trinajstić information content (AvgIpc) is 2.97. The van der Waals surface area contributed by atoms with Crippen LogP contribution in [0.5, 0.6) is 0 Å². The molecule has 36 heteroatoms. The van der Waals surface area contributed by atoms with E-state index in [2.05, 4.69) is 14.8 Å². The topological polar surface area (TPSA) is 450 Å². The van der Waals surface area contributed by atoms with Gasteiger partial charge in [0.25, 0.3) is 10.1 Å². The first-order valence-electron chi connectivity index (χ1n) is 15.1. The summed E-state index contributed by atoms with van der Waals surface area (Å²) < 4.78 is 159. The van der Waals surface area contributed by atoms with Crippen LogP contribution >= 0.6 is 7.60 Å². The molecule has 1 rings (SSSR count). The fourth-order valence-corrected chi connectivity index (χ4v) is 7.81. The fraction of sp³-hybridized carbons (Fsp3) is 0.577. The maximum Gasteiger partial charge on any atom is 0.324 e. The zero-order valence-corrected chi connectivity index (χ0v) is 42.4. The molecule has 62 heavy (non-hydrogen) atoms. The summed E-state index contributed by atoms with van der Waals surface area (Å²) in [6.45, 7) is 7.62. The van der Waals surface area contributed by atoms with Gasteiger partial charge in [-0.1, -0.05) is 18.2 Å². The van der Waals surface area contributed by atoms with Crippen molar-refractivity contribution in [1.82, 2.24) is 23.8 Å². The number of nitrogens with zero attached hydrogens (tertiary/aromatic N) is 1. The van der Waals surface area contributed by atoms with Crippen LogP contribution in [-0.2, 0) is 104 Å². The SMILES string of the molecule is CC(=O)C(C)S(=O)(=O)c1ccccc1.CC(=O)NC#N.CC(=O)NS(C)(=O)=O.CONC(C)=O.COP(C)(=O)O.CS(=O)(=O)NS(C)(=O)=O.CS(=O)(=O)O.CS(=O)NS(C)(=O)=O. The third kappa shape index (κ3) is 84.2. The molecule has 0 aliphatic carbocycles. The molecule has 0 spiro atoms. The van der Waals surface area contributed by atoms with E-state index in [1.165, 1.54) is 70.6 Å². The van der Waals surface area contributed by atoms with Crippen LogP contribution < -0.4 is 23.8 Å². The van der Waals surface area contributed by atoms with Crippen LogP contribution in [-0.4, -0.2) is 151 Å². The highest BCUT2D eigenvalue weighted by Crippen LogP contribution is 2.34. The van der Waals surface area contributed by atoms with Gasteiger partial charge in [0, 0.05) is 40.8 Å². The van der Waals surface area contributed by atoms with E-state index in [-0.39, 0.29) is 22.5 Å². The Labute approximate surface area is 366 Å². The summed E-state index contributed by atoms with van der Waals surface area (Å²) in [6, 6.07) is 8.00. The zero-order valence-electron chi connectivity index (χ0n) is 35.8. The number of Topliss-reactive ketones (excluding diaryl/α,β-unsaturated/α-hetero) is 1. The summed E-state index contributed by atoms with van der Waals surface area (Å²) in [6.07, 6.45) is 6.86. The van der Waals surface area contributed by atoms with Crippen LogP contribution in [0.15, 0.2) is 35.2 Å². The Morgan fingerprint density at radius 1 is 0.742 bits per heavy atom. The predicted octanol–water partition coefficient (Wildman–Crippen LogP) is -2.92. The van der Waals surface area contributed by atoms with E-state index in [1.807, 2.05) is 9.44 Å². The number of nitriles is 1. The molecular weight excluding hydrogens is 1000 g/mol. The minimum atomic E-state index is -3.67. The molecule has 368 valence electrons. The Kier molecular flexibility index (Phi) is 41.3. The van der Waals surface area contributed by atoms with Crippen LogP contribution in [0.4, 0.5) is 0 Å². The zero-order chi connectivity index (χ0) is 51.7. The maximum atomic E-state index is 11.8. The summed E-state index contributed by atoms with van der Waals surface area (Å²) >= 11 is 0. The van der Waals surface area contributed by atoms with Gasteiger partial charge in [0.1, 0.15) is 22.0 Å². The summed E-state index contributed by atoms with van der Waals surface area (Å²) in [4.78, 5) is 53.0. The summed E-state index contributed by atoms with van der Waals surface area (Å²) in [5.41, 5.74) is 2.07. The first-order valence-corrected chi connectivity index (χ1v) is 29.7. The highest BCUT2D eigenvalue weighted by molar-refractivity contribution is 8.04. The molecule has 0 fully saturated rings. The third-order valence-corrected chi connectivity index (χ3v) is 11.9. The molecule has 1 aromatic carbocycles. The van der Waals surface area contributed by atoms with Gasteiger partial charge in [-0.15, -0.1) is 8.25 Å². The molecule has 0 aromatic heterocycles. The second-order valence-electron chi connectivity index (χ2n) is 10.9. The van der Waals surface area contributed by atoms with Gasteiger partial charge < -0.3 is 9.42 Å². The standard InChI is InChI=1S/C10H12O3S.C3H4N2O.C3H7NO3S.C3H7NO2.C2H7NO4S2.C2H7NO3S2.C2H7O3P.CH4O3S/c1-8(11)9(2)14(12,13)10-6-4-3-5-7-10;1-3(6)5-2-4;1-3(5)4-8(2,6)7;1-3(5)4-6-2;1-8(4,5)3-9(2,6)7;1-7(4)3-8(2,5)6;1-5-6(2,3)4;1-5(2,3)4/h3-7,9H,1-2H3;1H3,(H,5,6);1-2H3,(H,4,5);1-2H3,(H,4,5);3H,1-2H3;3H,1-2H3;1-2H3,(H,3,4);1H3,(H,2,3,4). The molecule has 28 nitrogen and oxygen atoms in total. The fourth-order valence-electron chi connectivity index (χ4n) is 2.00. The van der Waals surface area contributed by atoms with Gasteiger partial charge >= 0.3 is 7.60 Å². The molecule has 0 aliphatic heterocycles. The summed E-state index contributed by atoms with van der Waals surface area (Å²) in [7, 11) is -23.0. The number of sulfone groups is 1. The minimum absolute atomic E-state index is 0.183. The average molecular weight is 1060 g/mol. The van der Waals surface area contributed by atoms with Crippen LogP contribution in [0, 0.1) is 11.5 Å².